The number of sulfonamides is 1. The normalized spacial score (nSPS) is 15.3. The van der Waals surface area contributed by atoms with E-state index in [9.17, 15) is 23.3 Å². The molecule has 30 heavy (non-hydrogen) atoms. The number of carbonyl (C=O) groups is 1. The quantitative estimate of drug-likeness (QED) is 0.650. The summed E-state index contributed by atoms with van der Waals surface area (Å²) >= 11 is 1.16. The molecule has 0 unspecified atom stereocenters. The van der Waals surface area contributed by atoms with Gasteiger partial charge in [0.05, 0.1) is 27.0 Å². The second-order valence-corrected chi connectivity index (χ2v) is 9.68. The first-order chi connectivity index (χ1) is 14.3. The van der Waals surface area contributed by atoms with Crippen LogP contribution < -0.4 is 5.56 Å². The van der Waals surface area contributed by atoms with E-state index in [0.717, 1.165) is 11.3 Å². The molecule has 0 saturated carbocycles. The van der Waals surface area contributed by atoms with Crippen molar-refractivity contribution >= 4 is 37.5 Å². The number of piperazine rings is 1. The monoisotopic (exact) mass is 443 g/mol. The predicted octanol–water partition coefficient (Wildman–Crippen LogP) is 1.31. The van der Waals surface area contributed by atoms with Gasteiger partial charge in [0.2, 0.25) is 10.0 Å². The Hall–Kier alpha value is -3.07. The summed E-state index contributed by atoms with van der Waals surface area (Å²) in [6.07, 6.45) is 1.30. The van der Waals surface area contributed by atoms with Gasteiger partial charge >= 0.3 is 0 Å². The Morgan fingerprint density at radius 2 is 1.93 bits per heavy atom. The molecule has 0 radical (unpaired) electrons. The topological polar surface area (TPSA) is 127 Å². The molecule has 1 aliphatic heterocycles. The second kappa shape index (κ2) is 7.64. The van der Waals surface area contributed by atoms with Gasteiger partial charge < -0.3 is 9.88 Å². The molecule has 4 rings (SSSR count). The van der Waals surface area contributed by atoms with Crippen molar-refractivity contribution in [1.29, 1.82) is 5.26 Å². The number of hydrogen-bond acceptors (Lipinski definition) is 7. The van der Waals surface area contributed by atoms with Crippen molar-refractivity contribution in [2.45, 2.75) is 11.8 Å². The molecule has 0 spiro atoms. The van der Waals surface area contributed by atoms with Crippen LogP contribution in [0.5, 0.6) is 0 Å². The summed E-state index contributed by atoms with van der Waals surface area (Å²) < 4.78 is 27.2. The molecule has 3 heterocycles. The van der Waals surface area contributed by atoms with E-state index in [1.54, 1.807) is 24.0 Å². The number of thiophene rings is 1. The molecule has 1 aromatic carbocycles. The standard InChI is InChI=1S/C19H17N5O4S2/c1-12-15-17(25)21-11-22-18(15)29-16(12)19(26)23-6-8-24(9-7-23)30(27,28)14-5-3-2-4-13(14)10-20/h2-5,11H,6-9H2,1H3,(H,21,22,25). The Kier molecular flexibility index (Phi) is 5.15. The molecule has 0 bridgehead atoms. The van der Waals surface area contributed by atoms with Gasteiger partial charge in [-0.3, -0.25) is 9.59 Å². The smallest absolute Gasteiger partial charge is 0.264 e. The number of hydrogen-bond donors (Lipinski definition) is 1. The molecule has 3 aromatic rings. The van der Waals surface area contributed by atoms with E-state index in [-0.39, 0.29) is 48.1 Å². The molecule has 154 valence electrons. The number of nitriles is 1. The maximum Gasteiger partial charge on any atom is 0.264 e. The number of H-pyrrole nitrogens is 1. The van der Waals surface area contributed by atoms with Crippen LogP contribution in [0.3, 0.4) is 0 Å². The fourth-order valence-electron chi connectivity index (χ4n) is 3.48. The van der Waals surface area contributed by atoms with E-state index >= 15 is 0 Å². The first-order valence-electron chi connectivity index (χ1n) is 9.10. The first kappa shape index (κ1) is 20.2. The number of amides is 1. The predicted molar refractivity (Wildman–Crippen MR) is 111 cm³/mol. The third kappa shape index (κ3) is 3.28. The van der Waals surface area contributed by atoms with E-state index in [1.807, 2.05) is 6.07 Å². The summed E-state index contributed by atoms with van der Waals surface area (Å²) in [5.41, 5.74) is 0.377. The lowest BCUT2D eigenvalue weighted by molar-refractivity contribution is 0.0702. The van der Waals surface area contributed by atoms with Crippen molar-refractivity contribution in [3.63, 3.8) is 0 Å². The molecule has 9 nitrogen and oxygen atoms in total. The summed E-state index contributed by atoms with van der Waals surface area (Å²) in [4.78, 5) is 34.2. The van der Waals surface area contributed by atoms with E-state index in [0.29, 0.717) is 20.7 Å². The lowest BCUT2D eigenvalue weighted by Gasteiger charge is -2.34. The van der Waals surface area contributed by atoms with Gasteiger partial charge in [-0.15, -0.1) is 11.3 Å². The Morgan fingerprint density at radius 3 is 2.60 bits per heavy atom. The molecular formula is C19H17N5O4S2. The third-order valence-corrected chi connectivity index (χ3v) is 8.22. The fraction of sp³-hybridized carbons (Fsp3) is 0.263. The van der Waals surface area contributed by atoms with Crippen molar-refractivity contribution < 1.29 is 13.2 Å². The largest absolute Gasteiger partial charge is 0.335 e. The highest BCUT2D eigenvalue weighted by Gasteiger charge is 2.33. The molecule has 0 aliphatic carbocycles. The number of rotatable bonds is 3. The Balaban J connectivity index is 1.55. The number of aryl methyl sites for hydroxylation is 1. The van der Waals surface area contributed by atoms with Gasteiger partial charge in [-0.1, -0.05) is 12.1 Å². The minimum absolute atomic E-state index is 0.0297. The molecular weight excluding hydrogens is 426 g/mol. The molecule has 1 N–H and O–H groups in total. The number of benzene rings is 1. The maximum absolute atomic E-state index is 13.0. The zero-order valence-electron chi connectivity index (χ0n) is 16.0. The van der Waals surface area contributed by atoms with Crippen molar-refractivity contribution in [2.24, 2.45) is 0 Å². The van der Waals surface area contributed by atoms with Crippen molar-refractivity contribution in [2.75, 3.05) is 26.2 Å². The molecule has 1 fully saturated rings. The lowest BCUT2D eigenvalue weighted by atomic mass is 10.2. The minimum atomic E-state index is -3.83. The zero-order chi connectivity index (χ0) is 21.5. The van der Waals surface area contributed by atoms with Crippen molar-refractivity contribution in [3.8, 4) is 6.07 Å². The first-order valence-corrected chi connectivity index (χ1v) is 11.4. The fourth-order valence-corrected chi connectivity index (χ4v) is 6.16. The molecule has 1 aliphatic rings. The Morgan fingerprint density at radius 1 is 1.23 bits per heavy atom. The van der Waals surface area contributed by atoms with Gasteiger partial charge in [0.25, 0.3) is 11.5 Å². The van der Waals surface area contributed by atoms with Crippen molar-refractivity contribution in [1.82, 2.24) is 19.2 Å². The molecule has 1 saturated heterocycles. The number of aromatic nitrogens is 2. The highest BCUT2D eigenvalue weighted by Crippen LogP contribution is 2.28. The maximum atomic E-state index is 13.0. The Bertz CT molecular complexity index is 1350. The summed E-state index contributed by atoms with van der Waals surface area (Å²) in [5.74, 6) is -0.246. The number of nitrogens with one attached hydrogen (secondary N) is 1. The SMILES string of the molecule is Cc1c(C(=O)N2CCN(S(=O)(=O)c3ccccc3C#N)CC2)sc2nc[nH]c(=O)c12. The van der Waals surface area contributed by atoms with Crippen LogP contribution in [0.4, 0.5) is 0 Å². The number of carbonyl (C=O) groups excluding carboxylic acids is 1. The lowest BCUT2D eigenvalue weighted by Crippen LogP contribution is -2.50. The summed E-state index contributed by atoms with van der Waals surface area (Å²) in [6.45, 7) is 2.38. The van der Waals surface area contributed by atoms with Crippen LogP contribution in [0.15, 0.2) is 40.3 Å². The minimum Gasteiger partial charge on any atom is -0.335 e. The highest BCUT2D eigenvalue weighted by atomic mass is 32.2. The average Bonchev–Trinajstić information content (AvgIpc) is 3.11. The van der Waals surface area contributed by atoms with Gasteiger partial charge in [0, 0.05) is 26.2 Å². The van der Waals surface area contributed by atoms with E-state index in [4.69, 9.17) is 0 Å². The van der Waals surface area contributed by atoms with Crippen LogP contribution in [0, 0.1) is 18.3 Å². The number of nitrogens with zero attached hydrogens (tertiary/aromatic N) is 4. The zero-order valence-corrected chi connectivity index (χ0v) is 17.6. The van der Waals surface area contributed by atoms with Crippen LogP contribution in [0.25, 0.3) is 10.2 Å². The number of aromatic amines is 1. The third-order valence-electron chi connectivity index (χ3n) is 5.08. The summed E-state index contributed by atoms with van der Waals surface area (Å²) in [7, 11) is -3.83. The Labute approximate surface area is 176 Å². The summed E-state index contributed by atoms with van der Waals surface area (Å²) in [5, 5.41) is 9.62. The van der Waals surface area contributed by atoms with E-state index in [2.05, 4.69) is 9.97 Å². The van der Waals surface area contributed by atoms with E-state index in [1.165, 1.54) is 22.8 Å². The van der Waals surface area contributed by atoms with Crippen LogP contribution in [0.1, 0.15) is 20.8 Å². The van der Waals surface area contributed by atoms with Gasteiger partial charge in [0.1, 0.15) is 10.9 Å². The summed E-state index contributed by atoms with van der Waals surface area (Å²) in [6, 6.07) is 7.98. The van der Waals surface area contributed by atoms with Gasteiger partial charge in [-0.05, 0) is 24.6 Å². The van der Waals surface area contributed by atoms with Crippen LogP contribution in [-0.2, 0) is 10.0 Å². The van der Waals surface area contributed by atoms with Crippen molar-refractivity contribution in [3.05, 3.63) is 57.0 Å². The van der Waals surface area contributed by atoms with Crippen LogP contribution in [0.2, 0.25) is 0 Å². The van der Waals surface area contributed by atoms with E-state index < -0.39 is 10.0 Å². The molecule has 11 heteroatoms. The highest BCUT2D eigenvalue weighted by molar-refractivity contribution is 7.89. The van der Waals surface area contributed by atoms with Crippen LogP contribution in [-0.4, -0.2) is 59.7 Å². The van der Waals surface area contributed by atoms with Gasteiger partial charge in [-0.2, -0.15) is 9.57 Å². The van der Waals surface area contributed by atoms with Gasteiger partial charge in [0.15, 0.2) is 0 Å². The van der Waals surface area contributed by atoms with Crippen LogP contribution >= 0.6 is 11.3 Å². The molecule has 1 amide bonds. The van der Waals surface area contributed by atoms with Gasteiger partial charge in [-0.25, -0.2) is 13.4 Å². The average molecular weight is 444 g/mol. The second-order valence-electron chi connectivity index (χ2n) is 6.77. The molecule has 2 aromatic heterocycles. The number of fused-ring (bicyclic) bond motifs is 1. The molecule has 0 atom stereocenters.